The minimum atomic E-state index is 0.202. The lowest BCUT2D eigenvalue weighted by Gasteiger charge is -2.31. The number of aromatic nitrogens is 2. The van der Waals surface area contributed by atoms with Crippen molar-refractivity contribution in [3.63, 3.8) is 0 Å². The standard InChI is InChI=1S/C17H28N4O2/c1-13-18-17(23-20-13)14-6-5-10-21(12-14)11-9-16(22)19-15-7-3-2-4-8-15/h14-15H,2-12H2,1H3,(H,19,22). The summed E-state index contributed by atoms with van der Waals surface area (Å²) in [6, 6.07) is 0.409. The van der Waals surface area contributed by atoms with Crippen LogP contribution in [0, 0.1) is 6.92 Å². The summed E-state index contributed by atoms with van der Waals surface area (Å²) < 4.78 is 5.31. The largest absolute Gasteiger partial charge is 0.353 e. The Morgan fingerprint density at radius 2 is 2.09 bits per heavy atom. The van der Waals surface area contributed by atoms with Crippen LogP contribution in [0.15, 0.2) is 4.52 Å². The van der Waals surface area contributed by atoms with Gasteiger partial charge < -0.3 is 14.7 Å². The van der Waals surface area contributed by atoms with E-state index in [1.807, 2.05) is 6.92 Å². The monoisotopic (exact) mass is 320 g/mol. The van der Waals surface area contributed by atoms with Crippen molar-refractivity contribution < 1.29 is 9.32 Å². The molecule has 0 spiro atoms. The van der Waals surface area contributed by atoms with Crippen molar-refractivity contribution in [2.24, 2.45) is 0 Å². The van der Waals surface area contributed by atoms with Crippen molar-refractivity contribution in [1.29, 1.82) is 0 Å². The fourth-order valence-corrected chi connectivity index (χ4v) is 3.75. The third kappa shape index (κ3) is 4.77. The number of amides is 1. The van der Waals surface area contributed by atoms with E-state index in [1.165, 1.54) is 19.3 Å². The highest BCUT2D eigenvalue weighted by Crippen LogP contribution is 2.25. The third-order valence-electron chi connectivity index (χ3n) is 5.02. The fourth-order valence-electron chi connectivity index (χ4n) is 3.75. The quantitative estimate of drug-likeness (QED) is 0.902. The average Bonchev–Trinajstić information content (AvgIpc) is 3.01. The van der Waals surface area contributed by atoms with Gasteiger partial charge in [-0.2, -0.15) is 4.98 Å². The molecule has 2 fully saturated rings. The Morgan fingerprint density at radius 3 is 2.83 bits per heavy atom. The number of rotatable bonds is 5. The lowest BCUT2D eigenvalue weighted by Crippen LogP contribution is -2.40. The number of carbonyl (C=O) groups excluding carboxylic acids is 1. The minimum Gasteiger partial charge on any atom is -0.353 e. The number of carbonyl (C=O) groups is 1. The summed E-state index contributed by atoms with van der Waals surface area (Å²) >= 11 is 0. The summed E-state index contributed by atoms with van der Waals surface area (Å²) in [6.45, 7) is 4.64. The van der Waals surface area contributed by atoms with Crippen molar-refractivity contribution in [3.05, 3.63) is 11.7 Å². The first-order valence-corrected chi connectivity index (χ1v) is 9.02. The zero-order valence-corrected chi connectivity index (χ0v) is 14.1. The molecule has 0 bridgehead atoms. The zero-order chi connectivity index (χ0) is 16.1. The van der Waals surface area contributed by atoms with E-state index >= 15 is 0 Å². The van der Waals surface area contributed by atoms with Gasteiger partial charge in [0.05, 0.1) is 5.92 Å². The van der Waals surface area contributed by atoms with Gasteiger partial charge in [0, 0.05) is 25.6 Å². The van der Waals surface area contributed by atoms with Gasteiger partial charge in [0.15, 0.2) is 5.82 Å². The Morgan fingerprint density at radius 1 is 1.26 bits per heavy atom. The molecule has 1 aliphatic heterocycles. The maximum Gasteiger partial charge on any atom is 0.231 e. The van der Waals surface area contributed by atoms with Crippen LogP contribution in [-0.2, 0) is 4.79 Å². The number of likely N-dealkylation sites (tertiary alicyclic amines) is 1. The van der Waals surface area contributed by atoms with Gasteiger partial charge in [-0.3, -0.25) is 4.79 Å². The summed E-state index contributed by atoms with van der Waals surface area (Å²) in [7, 11) is 0. The highest BCUT2D eigenvalue weighted by Gasteiger charge is 2.26. The van der Waals surface area contributed by atoms with E-state index in [2.05, 4.69) is 20.4 Å². The van der Waals surface area contributed by atoms with E-state index in [4.69, 9.17) is 4.52 Å². The number of aryl methyl sites for hydroxylation is 1. The normalized spacial score (nSPS) is 23.8. The predicted molar refractivity (Wildman–Crippen MR) is 87.1 cm³/mol. The van der Waals surface area contributed by atoms with Crippen molar-refractivity contribution >= 4 is 5.91 Å². The Hall–Kier alpha value is -1.43. The summed E-state index contributed by atoms with van der Waals surface area (Å²) in [5.74, 6) is 1.96. The van der Waals surface area contributed by atoms with Gasteiger partial charge in [0.2, 0.25) is 11.8 Å². The molecule has 0 aromatic carbocycles. The van der Waals surface area contributed by atoms with E-state index < -0.39 is 0 Å². The molecule has 6 heteroatoms. The molecular formula is C17H28N4O2. The highest BCUT2D eigenvalue weighted by atomic mass is 16.5. The van der Waals surface area contributed by atoms with Crippen LogP contribution in [-0.4, -0.2) is 46.6 Å². The molecule has 2 heterocycles. The van der Waals surface area contributed by atoms with E-state index in [0.717, 1.165) is 51.2 Å². The molecule has 6 nitrogen and oxygen atoms in total. The molecule has 128 valence electrons. The number of piperidine rings is 1. The first-order valence-electron chi connectivity index (χ1n) is 9.02. The molecule has 1 unspecified atom stereocenters. The van der Waals surface area contributed by atoms with Crippen LogP contribution in [0.1, 0.15) is 69.0 Å². The van der Waals surface area contributed by atoms with Gasteiger partial charge in [-0.15, -0.1) is 0 Å². The molecule has 3 rings (SSSR count). The second-order valence-electron chi connectivity index (χ2n) is 6.97. The zero-order valence-electron chi connectivity index (χ0n) is 14.1. The smallest absolute Gasteiger partial charge is 0.231 e. The number of hydrogen-bond donors (Lipinski definition) is 1. The van der Waals surface area contributed by atoms with Crippen LogP contribution in [0.3, 0.4) is 0 Å². The lowest BCUT2D eigenvalue weighted by atomic mass is 9.95. The lowest BCUT2D eigenvalue weighted by molar-refractivity contribution is -0.122. The van der Waals surface area contributed by atoms with Gasteiger partial charge in [0.1, 0.15) is 0 Å². The van der Waals surface area contributed by atoms with Gasteiger partial charge in [-0.05, 0) is 39.2 Å². The Kier molecular flexibility index (Phi) is 5.65. The SMILES string of the molecule is Cc1noc(C2CCCN(CCC(=O)NC3CCCCC3)C2)n1. The van der Waals surface area contributed by atoms with Crippen molar-refractivity contribution in [2.45, 2.75) is 70.3 Å². The van der Waals surface area contributed by atoms with Gasteiger partial charge in [0.25, 0.3) is 0 Å². The molecule has 1 saturated heterocycles. The molecule has 1 saturated carbocycles. The van der Waals surface area contributed by atoms with E-state index in [9.17, 15) is 4.79 Å². The van der Waals surface area contributed by atoms with Crippen LogP contribution >= 0.6 is 0 Å². The average molecular weight is 320 g/mol. The fraction of sp³-hybridized carbons (Fsp3) is 0.824. The van der Waals surface area contributed by atoms with E-state index in [1.54, 1.807) is 0 Å². The summed E-state index contributed by atoms with van der Waals surface area (Å²) in [6.07, 6.45) is 8.91. The number of hydrogen-bond acceptors (Lipinski definition) is 5. The Labute approximate surface area is 138 Å². The van der Waals surface area contributed by atoms with Gasteiger partial charge >= 0.3 is 0 Å². The molecule has 1 aliphatic carbocycles. The molecule has 2 aliphatic rings. The van der Waals surface area contributed by atoms with E-state index in [0.29, 0.717) is 24.2 Å². The second kappa shape index (κ2) is 7.90. The maximum absolute atomic E-state index is 12.1. The Balaban J connectivity index is 1.41. The van der Waals surface area contributed by atoms with Crippen LogP contribution in [0.2, 0.25) is 0 Å². The molecule has 1 amide bonds. The topological polar surface area (TPSA) is 71.3 Å². The van der Waals surface area contributed by atoms with Gasteiger partial charge in [-0.1, -0.05) is 24.4 Å². The van der Waals surface area contributed by atoms with Gasteiger partial charge in [-0.25, -0.2) is 0 Å². The maximum atomic E-state index is 12.1. The summed E-state index contributed by atoms with van der Waals surface area (Å²) in [4.78, 5) is 18.8. The van der Waals surface area contributed by atoms with Crippen molar-refractivity contribution in [1.82, 2.24) is 20.4 Å². The number of nitrogens with zero attached hydrogens (tertiary/aromatic N) is 3. The van der Waals surface area contributed by atoms with Crippen LogP contribution in [0.4, 0.5) is 0 Å². The van der Waals surface area contributed by atoms with Crippen LogP contribution < -0.4 is 5.32 Å². The molecule has 1 aromatic rings. The molecular weight excluding hydrogens is 292 g/mol. The summed E-state index contributed by atoms with van der Waals surface area (Å²) in [5.41, 5.74) is 0. The first-order chi connectivity index (χ1) is 11.2. The molecule has 1 aromatic heterocycles. The van der Waals surface area contributed by atoms with Crippen molar-refractivity contribution in [2.75, 3.05) is 19.6 Å². The molecule has 23 heavy (non-hydrogen) atoms. The molecule has 1 atom stereocenters. The first kappa shape index (κ1) is 16.4. The summed E-state index contributed by atoms with van der Waals surface area (Å²) in [5, 5.41) is 7.09. The van der Waals surface area contributed by atoms with Crippen molar-refractivity contribution in [3.8, 4) is 0 Å². The molecule has 0 radical (unpaired) electrons. The third-order valence-corrected chi connectivity index (χ3v) is 5.02. The minimum absolute atomic E-state index is 0.202. The Bertz CT molecular complexity index is 510. The van der Waals surface area contributed by atoms with Crippen LogP contribution in [0.5, 0.6) is 0 Å². The highest BCUT2D eigenvalue weighted by molar-refractivity contribution is 5.76. The van der Waals surface area contributed by atoms with E-state index in [-0.39, 0.29) is 5.91 Å². The van der Waals surface area contributed by atoms with Crippen LogP contribution in [0.25, 0.3) is 0 Å². The molecule has 1 N–H and O–H groups in total. The second-order valence-corrected chi connectivity index (χ2v) is 6.97. The predicted octanol–water partition coefficient (Wildman–Crippen LogP) is 2.40. The number of nitrogens with one attached hydrogen (secondary N) is 1.